The Labute approximate surface area is 220 Å². The minimum atomic E-state index is -4.77. The molecule has 2 aliphatic rings. The molecule has 0 saturated carbocycles. The highest BCUT2D eigenvalue weighted by Crippen LogP contribution is 2.25. The van der Waals surface area contributed by atoms with Crippen LogP contribution in [0.3, 0.4) is 0 Å². The lowest BCUT2D eigenvalue weighted by atomic mass is 10.0. The summed E-state index contributed by atoms with van der Waals surface area (Å²) in [4.78, 5) is 17.6. The Morgan fingerprint density at radius 2 is 1.68 bits per heavy atom. The number of benzene rings is 2. The van der Waals surface area contributed by atoms with Crippen molar-refractivity contribution < 1.29 is 36.6 Å². The van der Waals surface area contributed by atoms with E-state index in [0.717, 1.165) is 50.9 Å². The zero-order chi connectivity index (χ0) is 27.1. The van der Waals surface area contributed by atoms with Gasteiger partial charge in [0.2, 0.25) is 5.91 Å². The lowest BCUT2D eigenvalue weighted by molar-refractivity contribution is -0.274. The van der Waals surface area contributed by atoms with Crippen LogP contribution in [0.2, 0.25) is 0 Å². The van der Waals surface area contributed by atoms with E-state index in [1.54, 1.807) is 12.1 Å². The zero-order valence-corrected chi connectivity index (χ0v) is 21.5. The van der Waals surface area contributed by atoms with Crippen molar-refractivity contribution in [1.82, 2.24) is 9.80 Å². The molecule has 0 aromatic heterocycles. The first kappa shape index (κ1) is 28.3. The molecule has 38 heavy (non-hydrogen) atoms. The van der Waals surface area contributed by atoms with Gasteiger partial charge in [-0.15, -0.1) is 13.2 Å². The second-order valence-electron chi connectivity index (χ2n) is 9.91. The van der Waals surface area contributed by atoms with Gasteiger partial charge in [0.1, 0.15) is 11.6 Å². The number of hydrogen-bond acceptors (Lipinski definition) is 5. The van der Waals surface area contributed by atoms with E-state index in [4.69, 9.17) is 9.47 Å². The number of carbonyl (C=O) groups is 1. The van der Waals surface area contributed by atoms with Gasteiger partial charge in [-0.05, 0) is 61.6 Å². The number of ether oxygens (including phenoxy) is 3. The summed E-state index contributed by atoms with van der Waals surface area (Å²) in [6, 6.07) is 11.4. The van der Waals surface area contributed by atoms with Crippen LogP contribution in [-0.2, 0) is 27.2 Å². The zero-order valence-electron chi connectivity index (χ0n) is 21.5. The molecule has 2 aromatic carbocycles. The minimum absolute atomic E-state index is 0.00107. The summed E-state index contributed by atoms with van der Waals surface area (Å²) in [5.74, 6) is -0.806. The third kappa shape index (κ3) is 8.68. The number of rotatable bonds is 9. The Kier molecular flexibility index (Phi) is 9.62. The molecular weight excluding hydrogens is 504 g/mol. The quantitative estimate of drug-likeness (QED) is 0.406. The fraction of sp³-hybridized carbons (Fsp3) is 0.536. The Morgan fingerprint density at radius 1 is 1.03 bits per heavy atom. The van der Waals surface area contributed by atoms with E-state index in [1.165, 1.54) is 36.4 Å². The first-order valence-electron chi connectivity index (χ1n) is 13.0. The van der Waals surface area contributed by atoms with Crippen LogP contribution < -0.4 is 4.74 Å². The molecule has 2 saturated heterocycles. The van der Waals surface area contributed by atoms with E-state index in [0.29, 0.717) is 18.7 Å². The molecule has 2 heterocycles. The fourth-order valence-corrected chi connectivity index (χ4v) is 4.92. The molecular formula is C28H34F4N2O4. The van der Waals surface area contributed by atoms with Crippen LogP contribution in [0, 0.1) is 5.82 Å². The Bertz CT molecular complexity index is 1020. The number of amides is 1. The highest BCUT2D eigenvalue weighted by Gasteiger charge is 2.31. The van der Waals surface area contributed by atoms with Crippen LogP contribution in [0.25, 0.3) is 0 Å². The molecule has 0 bridgehead atoms. The molecule has 2 fully saturated rings. The molecule has 208 valence electrons. The molecule has 0 aliphatic carbocycles. The number of piperidine rings is 1. The van der Waals surface area contributed by atoms with Gasteiger partial charge in [-0.2, -0.15) is 0 Å². The topological polar surface area (TPSA) is 51.2 Å². The van der Waals surface area contributed by atoms with E-state index >= 15 is 0 Å². The molecule has 4 rings (SSSR count). The predicted molar refractivity (Wildman–Crippen MR) is 133 cm³/mol. The van der Waals surface area contributed by atoms with Crippen molar-refractivity contribution in [3.8, 4) is 5.75 Å². The molecule has 1 unspecified atom stereocenters. The van der Waals surface area contributed by atoms with E-state index in [9.17, 15) is 22.4 Å². The monoisotopic (exact) mass is 538 g/mol. The van der Waals surface area contributed by atoms with Crippen molar-refractivity contribution in [2.45, 2.75) is 70.4 Å². The largest absolute Gasteiger partial charge is 0.573 e. The van der Waals surface area contributed by atoms with Crippen LogP contribution >= 0.6 is 0 Å². The van der Waals surface area contributed by atoms with Crippen LogP contribution in [0.4, 0.5) is 17.6 Å². The predicted octanol–water partition coefficient (Wildman–Crippen LogP) is 5.30. The molecule has 2 atom stereocenters. The van der Waals surface area contributed by atoms with Gasteiger partial charge < -0.3 is 24.0 Å². The van der Waals surface area contributed by atoms with Crippen molar-refractivity contribution in [3.63, 3.8) is 0 Å². The van der Waals surface area contributed by atoms with Crippen molar-refractivity contribution in [1.29, 1.82) is 0 Å². The second-order valence-corrected chi connectivity index (χ2v) is 9.91. The molecule has 0 radical (unpaired) electrons. The fourth-order valence-electron chi connectivity index (χ4n) is 4.92. The first-order chi connectivity index (χ1) is 18.1. The van der Waals surface area contributed by atoms with E-state index in [-0.39, 0.29) is 42.3 Å². The van der Waals surface area contributed by atoms with E-state index in [2.05, 4.69) is 16.6 Å². The van der Waals surface area contributed by atoms with Gasteiger partial charge in [-0.25, -0.2) is 4.39 Å². The molecule has 1 amide bonds. The lowest BCUT2D eigenvalue weighted by Crippen LogP contribution is -2.48. The number of likely N-dealkylation sites (tertiary alicyclic amines) is 1. The highest BCUT2D eigenvalue weighted by atomic mass is 19.4. The third-order valence-electron chi connectivity index (χ3n) is 6.99. The summed E-state index contributed by atoms with van der Waals surface area (Å²) in [5, 5.41) is 0. The summed E-state index contributed by atoms with van der Waals surface area (Å²) < 4.78 is 66.3. The van der Waals surface area contributed by atoms with Gasteiger partial charge >= 0.3 is 6.36 Å². The second kappa shape index (κ2) is 12.9. The molecule has 10 heteroatoms. The molecule has 2 aromatic rings. The van der Waals surface area contributed by atoms with E-state index in [1.807, 2.05) is 4.90 Å². The Balaban J connectivity index is 1.36. The van der Waals surface area contributed by atoms with Crippen molar-refractivity contribution in [2.75, 3.05) is 26.2 Å². The summed E-state index contributed by atoms with van der Waals surface area (Å²) in [6.45, 7) is 5.60. The van der Waals surface area contributed by atoms with Crippen LogP contribution in [0.1, 0.15) is 43.7 Å². The summed E-state index contributed by atoms with van der Waals surface area (Å²) >= 11 is 0. The standard InChI is InChI=1S/C28H34F4N2O4/c1-20-13-17-36-27(37-20)12-16-33-14-10-24(11-15-33)34(19-22-2-6-23(29)7-3-22)26(35)18-21-4-8-25(9-5-21)38-28(30,31)32/h2-9,20,24,27H,10-19H2,1H3/t20-,27?/m0/s1. The summed E-state index contributed by atoms with van der Waals surface area (Å²) in [6.07, 6.45) is -1.43. The number of alkyl halides is 3. The molecule has 2 aliphatic heterocycles. The van der Waals surface area contributed by atoms with Crippen LogP contribution in [-0.4, -0.2) is 66.7 Å². The SMILES string of the molecule is C[C@H]1CCOC(CCN2CCC(N(Cc3ccc(F)cc3)C(=O)Cc3ccc(OC(F)(F)F)cc3)CC2)O1. The highest BCUT2D eigenvalue weighted by molar-refractivity contribution is 5.79. The van der Waals surface area contributed by atoms with Crippen molar-refractivity contribution >= 4 is 5.91 Å². The maximum atomic E-state index is 13.4. The average Bonchev–Trinajstić information content (AvgIpc) is 2.88. The van der Waals surface area contributed by atoms with Gasteiger partial charge in [-0.1, -0.05) is 24.3 Å². The maximum absolute atomic E-state index is 13.4. The van der Waals surface area contributed by atoms with Crippen LogP contribution in [0.15, 0.2) is 48.5 Å². The van der Waals surface area contributed by atoms with Crippen LogP contribution in [0.5, 0.6) is 5.75 Å². The van der Waals surface area contributed by atoms with Gasteiger partial charge in [-0.3, -0.25) is 4.79 Å². The molecule has 6 nitrogen and oxygen atoms in total. The number of hydrogen-bond donors (Lipinski definition) is 0. The van der Waals surface area contributed by atoms with Crippen molar-refractivity contribution in [3.05, 3.63) is 65.5 Å². The minimum Gasteiger partial charge on any atom is -0.406 e. The smallest absolute Gasteiger partial charge is 0.406 e. The van der Waals surface area contributed by atoms with Gasteiger partial charge in [0, 0.05) is 38.6 Å². The molecule has 0 spiro atoms. The maximum Gasteiger partial charge on any atom is 0.573 e. The number of carbonyl (C=O) groups excluding carboxylic acids is 1. The summed E-state index contributed by atoms with van der Waals surface area (Å²) in [5.41, 5.74) is 1.41. The lowest BCUT2D eigenvalue weighted by Gasteiger charge is -2.39. The third-order valence-corrected chi connectivity index (χ3v) is 6.99. The Morgan fingerprint density at radius 3 is 2.32 bits per heavy atom. The van der Waals surface area contributed by atoms with Gasteiger partial charge in [0.15, 0.2) is 6.29 Å². The van der Waals surface area contributed by atoms with Gasteiger partial charge in [0.25, 0.3) is 0 Å². The first-order valence-corrected chi connectivity index (χ1v) is 13.0. The van der Waals surface area contributed by atoms with Gasteiger partial charge in [0.05, 0.1) is 19.1 Å². The average molecular weight is 539 g/mol. The molecule has 0 N–H and O–H groups in total. The van der Waals surface area contributed by atoms with E-state index < -0.39 is 6.36 Å². The Hall–Kier alpha value is -2.69. The summed E-state index contributed by atoms with van der Waals surface area (Å²) in [7, 11) is 0. The normalized spacial score (nSPS) is 21.3. The number of nitrogens with zero attached hydrogens (tertiary/aromatic N) is 2. The van der Waals surface area contributed by atoms with Crippen molar-refractivity contribution in [2.24, 2.45) is 0 Å². The number of halogens is 4.